The number of hydrogen-bond donors (Lipinski definition) is 0. The zero-order valence-corrected chi connectivity index (χ0v) is 14.4. The van der Waals surface area contributed by atoms with Gasteiger partial charge in [0.15, 0.2) is 0 Å². The van der Waals surface area contributed by atoms with Gasteiger partial charge >= 0.3 is 5.97 Å². The predicted molar refractivity (Wildman–Crippen MR) is 85.7 cm³/mol. The predicted octanol–water partition coefficient (Wildman–Crippen LogP) is 2.12. The number of hydrogen-bond acceptors (Lipinski definition) is 6. The number of methoxy groups -OCH3 is 1. The maximum Gasteiger partial charge on any atom is 0.343 e. The topological polar surface area (TPSA) is 60.9 Å². The van der Waals surface area contributed by atoms with Crippen molar-refractivity contribution in [3.05, 3.63) is 23.4 Å². The van der Waals surface area contributed by atoms with Crippen LogP contribution in [0.15, 0.2) is 12.3 Å². The van der Waals surface area contributed by atoms with Crippen molar-refractivity contribution in [3.63, 3.8) is 0 Å². The molecule has 0 bridgehead atoms. The van der Waals surface area contributed by atoms with Gasteiger partial charge in [-0.2, -0.15) is 0 Å². The number of fused-ring (bicyclic) bond motifs is 1. The fourth-order valence-corrected chi connectivity index (χ4v) is 3.46. The van der Waals surface area contributed by atoms with Gasteiger partial charge < -0.3 is 19.1 Å². The number of pyridine rings is 1. The summed E-state index contributed by atoms with van der Waals surface area (Å²) >= 11 is 0. The van der Waals surface area contributed by atoms with Crippen molar-refractivity contribution < 1.29 is 19.0 Å². The largest absolute Gasteiger partial charge is 0.451 e. The van der Waals surface area contributed by atoms with Crippen LogP contribution in [0.1, 0.15) is 43.6 Å². The van der Waals surface area contributed by atoms with E-state index in [2.05, 4.69) is 9.88 Å². The number of carbonyl (C=O) groups is 1. The maximum absolute atomic E-state index is 12.4. The Bertz CT molecular complexity index is 627. The van der Waals surface area contributed by atoms with Gasteiger partial charge in [-0.05, 0) is 33.8 Å². The molecule has 1 aromatic heterocycles. The van der Waals surface area contributed by atoms with Crippen LogP contribution >= 0.6 is 0 Å². The van der Waals surface area contributed by atoms with Gasteiger partial charge in [-0.3, -0.25) is 0 Å². The van der Waals surface area contributed by atoms with Crippen molar-refractivity contribution in [2.45, 2.75) is 45.0 Å². The number of cyclic esters (lactones) is 1. The lowest BCUT2D eigenvalue weighted by Crippen LogP contribution is -2.54. The molecule has 1 saturated heterocycles. The third-order valence-corrected chi connectivity index (χ3v) is 4.27. The van der Waals surface area contributed by atoms with Crippen molar-refractivity contribution in [2.75, 3.05) is 31.7 Å². The summed E-state index contributed by atoms with van der Waals surface area (Å²) in [6, 6.07) is 1.86. The Hall–Kier alpha value is -1.66. The number of anilines is 1. The zero-order chi connectivity index (χ0) is 16.8. The minimum absolute atomic E-state index is 0.0631. The Labute approximate surface area is 136 Å². The number of nitrogens with zero attached hydrogens (tertiary/aromatic N) is 2. The molecule has 3 heterocycles. The molecule has 6 nitrogen and oxygen atoms in total. The van der Waals surface area contributed by atoms with Crippen LogP contribution in [0.2, 0.25) is 0 Å². The summed E-state index contributed by atoms with van der Waals surface area (Å²) in [5.74, 6) is 0.372. The highest BCUT2D eigenvalue weighted by Gasteiger charge is 2.43. The van der Waals surface area contributed by atoms with Crippen molar-refractivity contribution in [2.24, 2.45) is 0 Å². The molecule has 2 aliphatic heterocycles. The first kappa shape index (κ1) is 16.2. The molecule has 0 radical (unpaired) electrons. The van der Waals surface area contributed by atoms with Crippen LogP contribution in [0.4, 0.5) is 5.82 Å². The molecular weight excluding hydrogens is 296 g/mol. The molecule has 1 aromatic rings. The average Bonchev–Trinajstić information content (AvgIpc) is 2.67. The molecule has 126 valence electrons. The van der Waals surface area contributed by atoms with Gasteiger partial charge in [0, 0.05) is 32.0 Å². The molecule has 2 aliphatic rings. The summed E-state index contributed by atoms with van der Waals surface area (Å²) in [5, 5.41) is 0. The molecule has 23 heavy (non-hydrogen) atoms. The van der Waals surface area contributed by atoms with Gasteiger partial charge in [0.2, 0.25) is 0 Å². The lowest BCUT2D eigenvalue weighted by atomic mass is 9.96. The molecule has 0 aliphatic carbocycles. The van der Waals surface area contributed by atoms with E-state index in [0.29, 0.717) is 31.1 Å². The van der Waals surface area contributed by atoms with E-state index < -0.39 is 5.60 Å². The number of morpholine rings is 1. The molecule has 0 N–H and O–H groups in total. The van der Waals surface area contributed by atoms with Crippen molar-refractivity contribution in [1.82, 2.24) is 4.98 Å². The fraction of sp³-hybridized carbons (Fsp3) is 0.647. The molecule has 0 saturated carbocycles. The Morgan fingerprint density at radius 2 is 2.13 bits per heavy atom. The lowest BCUT2D eigenvalue weighted by molar-refractivity contribution is -0.106. The second-order valence-electron chi connectivity index (χ2n) is 7.29. The van der Waals surface area contributed by atoms with Gasteiger partial charge in [-0.25, -0.2) is 9.78 Å². The van der Waals surface area contributed by atoms with Crippen LogP contribution in [0, 0.1) is 0 Å². The Balaban J connectivity index is 1.99. The van der Waals surface area contributed by atoms with Crippen LogP contribution in [-0.2, 0) is 19.8 Å². The molecule has 0 unspecified atom stereocenters. The van der Waals surface area contributed by atoms with Crippen LogP contribution < -0.4 is 4.90 Å². The molecule has 6 heteroatoms. The second kappa shape index (κ2) is 5.46. The molecule has 0 amide bonds. The Morgan fingerprint density at radius 3 is 2.83 bits per heavy atom. The van der Waals surface area contributed by atoms with Gasteiger partial charge in [0.25, 0.3) is 0 Å². The first-order valence-electron chi connectivity index (χ1n) is 7.88. The summed E-state index contributed by atoms with van der Waals surface area (Å²) in [6.07, 6.45) is 1.68. The molecule has 3 rings (SSSR count). The third-order valence-electron chi connectivity index (χ3n) is 4.27. The van der Waals surface area contributed by atoms with Crippen LogP contribution in [0.5, 0.6) is 0 Å². The van der Waals surface area contributed by atoms with Crippen LogP contribution in [-0.4, -0.2) is 49.5 Å². The van der Waals surface area contributed by atoms with E-state index in [1.54, 1.807) is 13.3 Å². The second-order valence-corrected chi connectivity index (χ2v) is 7.29. The van der Waals surface area contributed by atoms with E-state index in [9.17, 15) is 4.79 Å². The van der Waals surface area contributed by atoms with Gasteiger partial charge in [-0.1, -0.05) is 0 Å². The van der Waals surface area contributed by atoms with E-state index >= 15 is 0 Å². The maximum atomic E-state index is 12.4. The number of aromatic nitrogens is 1. The van der Waals surface area contributed by atoms with Crippen molar-refractivity contribution in [3.8, 4) is 0 Å². The summed E-state index contributed by atoms with van der Waals surface area (Å²) in [5.41, 5.74) is 0.508. The number of ether oxygens (including phenoxy) is 3. The fourth-order valence-electron chi connectivity index (χ4n) is 3.46. The smallest absolute Gasteiger partial charge is 0.343 e. The average molecular weight is 320 g/mol. The zero-order valence-electron chi connectivity index (χ0n) is 14.4. The van der Waals surface area contributed by atoms with E-state index in [0.717, 1.165) is 5.56 Å². The van der Waals surface area contributed by atoms with Crippen LogP contribution in [0.3, 0.4) is 0 Å². The highest BCUT2D eigenvalue weighted by Crippen LogP contribution is 2.40. The highest BCUT2D eigenvalue weighted by atomic mass is 16.6. The van der Waals surface area contributed by atoms with Gasteiger partial charge in [0.1, 0.15) is 17.0 Å². The van der Waals surface area contributed by atoms with Crippen molar-refractivity contribution in [1.29, 1.82) is 0 Å². The van der Waals surface area contributed by atoms with Gasteiger partial charge in [0.05, 0.1) is 18.3 Å². The molecule has 0 spiro atoms. The first-order valence-corrected chi connectivity index (χ1v) is 7.88. The number of esters is 1. The minimum Gasteiger partial charge on any atom is -0.451 e. The Morgan fingerprint density at radius 1 is 1.39 bits per heavy atom. The summed E-state index contributed by atoms with van der Waals surface area (Å²) in [7, 11) is 1.66. The minimum atomic E-state index is -0.613. The van der Waals surface area contributed by atoms with Crippen LogP contribution in [0.25, 0.3) is 0 Å². The standard InChI is InChI=1S/C17H24N2O4/c1-16(2)10-19(8-11(22-16)9-21-5)14-13-12(6-7-18-14)17(3,4)23-15(13)20/h6-7,11H,8-10H2,1-5H3/t11-/m0/s1. The molecular formula is C17H24N2O4. The molecule has 1 atom stereocenters. The highest BCUT2D eigenvalue weighted by molar-refractivity contribution is 5.99. The monoisotopic (exact) mass is 320 g/mol. The first-order chi connectivity index (χ1) is 10.7. The SMILES string of the molecule is COC[C@@H]1CN(c2nccc3c2C(=O)OC3(C)C)CC(C)(C)O1. The Kier molecular flexibility index (Phi) is 3.84. The van der Waals surface area contributed by atoms with Gasteiger partial charge in [-0.15, -0.1) is 0 Å². The summed E-state index contributed by atoms with van der Waals surface area (Å²) in [4.78, 5) is 19.0. The molecule has 0 aromatic carbocycles. The third kappa shape index (κ3) is 2.93. The van der Waals surface area contributed by atoms with E-state index in [1.807, 2.05) is 33.8 Å². The van der Waals surface area contributed by atoms with E-state index in [1.165, 1.54) is 0 Å². The number of carbonyl (C=O) groups excluding carboxylic acids is 1. The van der Waals surface area contributed by atoms with Crippen molar-refractivity contribution >= 4 is 11.8 Å². The lowest BCUT2D eigenvalue weighted by Gasteiger charge is -2.43. The van der Waals surface area contributed by atoms with E-state index in [-0.39, 0.29) is 17.7 Å². The van der Waals surface area contributed by atoms with E-state index in [4.69, 9.17) is 14.2 Å². The molecule has 1 fully saturated rings. The normalized spacial score (nSPS) is 25.2. The number of rotatable bonds is 3. The summed E-state index contributed by atoms with van der Waals surface area (Å²) in [6.45, 7) is 9.67. The summed E-state index contributed by atoms with van der Waals surface area (Å²) < 4.78 is 16.8. The quantitative estimate of drug-likeness (QED) is 0.795.